The van der Waals surface area contributed by atoms with Gasteiger partial charge in [-0.3, -0.25) is 4.79 Å². The van der Waals surface area contributed by atoms with Crippen LogP contribution in [0.3, 0.4) is 0 Å². The van der Waals surface area contributed by atoms with Crippen LogP contribution in [0.5, 0.6) is 0 Å². The minimum Gasteiger partial charge on any atom is -0.462 e. The predicted octanol–water partition coefficient (Wildman–Crippen LogP) is 4.35. The van der Waals surface area contributed by atoms with Crippen LogP contribution in [-0.4, -0.2) is 61.6 Å². The SMILES string of the molecule is CC(=O)O[C@@H]1C[C@H]2[C@@H](CC=C3C[C@@H](N(C)C)CC[C@@]32C)[C@@H]2CC[C@@H]3[C@H](C)N(C)C[C@]312. The third kappa shape index (κ3) is 2.75. The first kappa shape index (κ1) is 21.0. The molecule has 0 aromatic carbocycles. The van der Waals surface area contributed by atoms with Crippen LogP contribution in [0, 0.1) is 34.5 Å². The lowest BCUT2D eigenvalue weighted by Gasteiger charge is -2.60. The highest BCUT2D eigenvalue weighted by Gasteiger charge is 2.68. The van der Waals surface area contributed by atoms with Crippen LogP contribution in [0.15, 0.2) is 11.6 Å². The van der Waals surface area contributed by atoms with Gasteiger partial charge >= 0.3 is 5.97 Å². The van der Waals surface area contributed by atoms with Crippen molar-refractivity contribution >= 4 is 5.97 Å². The molecule has 4 nitrogen and oxygen atoms in total. The molecule has 4 aliphatic carbocycles. The van der Waals surface area contributed by atoms with E-state index < -0.39 is 0 Å². The van der Waals surface area contributed by atoms with Crippen molar-refractivity contribution in [2.75, 3.05) is 27.7 Å². The lowest BCUT2D eigenvalue weighted by molar-refractivity contribution is -0.176. The summed E-state index contributed by atoms with van der Waals surface area (Å²) in [7, 11) is 6.75. The topological polar surface area (TPSA) is 32.8 Å². The van der Waals surface area contributed by atoms with Gasteiger partial charge in [-0.1, -0.05) is 18.6 Å². The van der Waals surface area contributed by atoms with Crippen molar-refractivity contribution in [3.05, 3.63) is 11.6 Å². The number of rotatable bonds is 2. The molecule has 3 saturated carbocycles. The first-order valence-electron chi connectivity index (χ1n) is 12.4. The summed E-state index contributed by atoms with van der Waals surface area (Å²) >= 11 is 0. The van der Waals surface area contributed by atoms with Crippen molar-refractivity contribution < 1.29 is 9.53 Å². The summed E-state index contributed by atoms with van der Waals surface area (Å²) in [6.07, 6.45) is 11.5. The summed E-state index contributed by atoms with van der Waals surface area (Å²) in [6, 6.07) is 1.28. The number of esters is 1. The fraction of sp³-hybridized carbons (Fsp3) is 0.885. The minimum absolute atomic E-state index is 0.0764. The van der Waals surface area contributed by atoms with Gasteiger partial charge in [0, 0.05) is 31.0 Å². The number of hydrogen-bond acceptors (Lipinski definition) is 4. The Hall–Kier alpha value is -0.870. The number of hydrogen-bond donors (Lipinski definition) is 0. The van der Waals surface area contributed by atoms with Crippen LogP contribution in [0.4, 0.5) is 0 Å². The Balaban J connectivity index is 1.53. The Labute approximate surface area is 183 Å². The smallest absolute Gasteiger partial charge is 0.302 e. The van der Waals surface area contributed by atoms with Gasteiger partial charge in [-0.15, -0.1) is 0 Å². The maximum absolute atomic E-state index is 12.2. The molecule has 5 rings (SSSR count). The summed E-state index contributed by atoms with van der Waals surface area (Å²) in [4.78, 5) is 17.2. The normalized spacial score (nSPS) is 50.4. The van der Waals surface area contributed by atoms with Crippen molar-refractivity contribution in [3.8, 4) is 0 Å². The number of ether oxygens (including phenoxy) is 1. The Morgan fingerprint density at radius 3 is 2.63 bits per heavy atom. The Kier molecular flexibility index (Phi) is 4.95. The molecule has 1 spiro atoms. The van der Waals surface area contributed by atoms with Gasteiger partial charge in [0.25, 0.3) is 0 Å². The standard InChI is InChI=1S/C26H42N2O2/c1-16-21-9-10-22-20-8-7-18-13-19(27(4)5)11-12-25(18,3)23(20)14-24(30-17(2)29)26(21,22)15-28(16)6/h7,16,19-24H,8-15H2,1-6H3/t16-,19-,20-,21+,22-,23-,24+,25-,26+/m0/s1. The second kappa shape index (κ2) is 7.07. The Morgan fingerprint density at radius 2 is 1.93 bits per heavy atom. The summed E-state index contributed by atoms with van der Waals surface area (Å²) in [6.45, 7) is 7.70. The summed E-state index contributed by atoms with van der Waals surface area (Å²) < 4.78 is 6.25. The molecular formula is C26H42N2O2. The first-order valence-corrected chi connectivity index (χ1v) is 12.4. The third-order valence-corrected chi connectivity index (χ3v) is 10.8. The van der Waals surface area contributed by atoms with Crippen LogP contribution >= 0.6 is 0 Å². The van der Waals surface area contributed by atoms with E-state index in [2.05, 4.69) is 50.9 Å². The highest BCUT2D eigenvalue weighted by molar-refractivity contribution is 5.66. The largest absolute Gasteiger partial charge is 0.462 e. The number of fused-ring (bicyclic) bond motifs is 4. The second-order valence-corrected chi connectivity index (χ2v) is 11.9. The molecule has 1 saturated heterocycles. The molecule has 4 fully saturated rings. The zero-order valence-electron chi connectivity index (χ0n) is 20.0. The van der Waals surface area contributed by atoms with E-state index in [1.165, 1.54) is 38.5 Å². The van der Waals surface area contributed by atoms with Crippen molar-refractivity contribution in [2.24, 2.45) is 34.5 Å². The zero-order chi connectivity index (χ0) is 21.4. The average Bonchev–Trinajstić information content (AvgIpc) is 3.17. The second-order valence-electron chi connectivity index (χ2n) is 11.9. The van der Waals surface area contributed by atoms with Gasteiger partial charge in [0.15, 0.2) is 0 Å². The van der Waals surface area contributed by atoms with Gasteiger partial charge in [0.1, 0.15) is 6.10 Å². The van der Waals surface area contributed by atoms with Gasteiger partial charge < -0.3 is 14.5 Å². The highest BCUT2D eigenvalue weighted by atomic mass is 16.5. The van der Waals surface area contributed by atoms with Crippen LogP contribution < -0.4 is 0 Å². The molecule has 0 amide bonds. The molecular weight excluding hydrogens is 372 g/mol. The van der Waals surface area contributed by atoms with E-state index >= 15 is 0 Å². The quantitative estimate of drug-likeness (QED) is 0.497. The van der Waals surface area contributed by atoms with Crippen molar-refractivity contribution in [3.63, 3.8) is 0 Å². The molecule has 4 heteroatoms. The average molecular weight is 415 g/mol. The van der Waals surface area contributed by atoms with E-state index in [0.29, 0.717) is 35.3 Å². The number of likely N-dealkylation sites (tertiary alicyclic amines) is 1. The van der Waals surface area contributed by atoms with Crippen molar-refractivity contribution in [1.82, 2.24) is 9.80 Å². The van der Waals surface area contributed by atoms with Gasteiger partial charge in [-0.05, 0) is 102 Å². The minimum atomic E-state index is -0.0764. The molecule has 0 aromatic rings. The van der Waals surface area contributed by atoms with Crippen molar-refractivity contribution in [1.29, 1.82) is 0 Å². The van der Waals surface area contributed by atoms with E-state index in [1.54, 1.807) is 12.5 Å². The van der Waals surface area contributed by atoms with Crippen LogP contribution in [-0.2, 0) is 9.53 Å². The lowest BCUT2D eigenvalue weighted by Crippen LogP contribution is -2.59. The Bertz CT molecular complexity index is 747. The molecule has 0 radical (unpaired) electrons. The van der Waals surface area contributed by atoms with Crippen LogP contribution in [0.2, 0.25) is 0 Å². The van der Waals surface area contributed by atoms with E-state index in [4.69, 9.17) is 4.74 Å². The van der Waals surface area contributed by atoms with Gasteiger partial charge in [-0.2, -0.15) is 0 Å². The maximum atomic E-state index is 12.2. The molecule has 0 aromatic heterocycles. The van der Waals surface area contributed by atoms with Crippen LogP contribution in [0.1, 0.15) is 65.7 Å². The Morgan fingerprint density at radius 1 is 1.20 bits per heavy atom. The molecule has 168 valence electrons. The summed E-state index contributed by atoms with van der Waals surface area (Å²) in [5, 5.41) is 0. The monoisotopic (exact) mass is 414 g/mol. The molecule has 0 N–H and O–H groups in total. The number of allylic oxidation sites excluding steroid dienone is 1. The number of carbonyl (C=O) groups is 1. The summed E-state index contributed by atoms with van der Waals surface area (Å²) in [5.41, 5.74) is 2.19. The number of nitrogens with zero attached hydrogens (tertiary/aromatic N) is 2. The maximum Gasteiger partial charge on any atom is 0.302 e. The van der Waals surface area contributed by atoms with Crippen LogP contribution in [0.25, 0.3) is 0 Å². The lowest BCUT2D eigenvalue weighted by atomic mass is 9.46. The van der Waals surface area contributed by atoms with Crippen molar-refractivity contribution in [2.45, 2.75) is 83.9 Å². The molecule has 1 heterocycles. The molecule has 9 atom stereocenters. The molecule has 1 aliphatic heterocycles. The van der Waals surface area contributed by atoms with E-state index in [-0.39, 0.29) is 17.5 Å². The molecule has 0 bridgehead atoms. The van der Waals surface area contributed by atoms with Gasteiger partial charge in [0.2, 0.25) is 0 Å². The highest BCUT2D eigenvalue weighted by Crippen LogP contribution is 2.69. The van der Waals surface area contributed by atoms with E-state index in [1.807, 2.05) is 0 Å². The fourth-order valence-corrected chi connectivity index (χ4v) is 9.17. The predicted molar refractivity (Wildman–Crippen MR) is 120 cm³/mol. The van der Waals surface area contributed by atoms with E-state index in [0.717, 1.165) is 18.9 Å². The molecule has 0 unspecified atom stereocenters. The number of carbonyl (C=O) groups excluding carboxylic acids is 1. The van der Waals surface area contributed by atoms with E-state index in [9.17, 15) is 4.79 Å². The van der Waals surface area contributed by atoms with Gasteiger partial charge in [-0.25, -0.2) is 0 Å². The molecule has 30 heavy (non-hydrogen) atoms. The zero-order valence-corrected chi connectivity index (χ0v) is 20.0. The first-order chi connectivity index (χ1) is 14.2. The fourth-order valence-electron chi connectivity index (χ4n) is 9.17. The van der Waals surface area contributed by atoms with Gasteiger partial charge in [0.05, 0.1) is 0 Å². The molecule has 5 aliphatic rings. The summed E-state index contributed by atoms with van der Waals surface area (Å²) in [5.74, 6) is 2.75. The third-order valence-electron chi connectivity index (χ3n) is 10.8.